The van der Waals surface area contributed by atoms with Gasteiger partial charge in [0.05, 0.1) is 0 Å². The highest BCUT2D eigenvalue weighted by molar-refractivity contribution is 8.00. The van der Waals surface area contributed by atoms with Gasteiger partial charge in [-0.1, -0.05) is 0 Å². The molecule has 0 aromatic rings. The Balaban J connectivity index is 1.66. The van der Waals surface area contributed by atoms with Gasteiger partial charge >= 0.3 is 0 Å². The first-order chi connectivity index (χ1) is 5.90. The van der Waals surface area contributed by atoms with Crippen molar-refractivity contribution < 1.29 is 0 Å². The van der Waals surface area contributed by atoms with Gasteiger partial charge in [0.25, 0.3) is 0 Å². The maximum Gasteiger partial charge on any atom is 0.0120 e. The standard InChI is InChI=1S/C9H18N2S/c10-3-1-9-2-4-11(9)5-8-6-12-7-8/h8-9H,1-7,10H2. The van der Waals surface area contributed by atoms with Crippen molar-refractivity contribution >= 4 is 11.8 Å². The van der Waals surface area contributed by atoms with E-state index in [1.807, 2.05) is 0 Å². The summed E-state index contributed by atoms with van der Waals surface area (Å²) in [6.45, 7) is 3.53. The van der Waals surface area contributed by atoms with Crippen LogP contribution in [0, 0.1) is 5.92 Å². The number of hydrogen-bond acceptors (Lipinski definition) is 3. The smallest absolute Gasteiger partial charge is 0.0120 e. The third-order valence-corrected chi connectivity index (χ3v) is 4.38. The third kappa shape index (κ3) is 1.78. The van der Waals surface area contributed by atoms with Gasteiger partial charge in [-0.25, -0.2) is 0 Å². The Morgan fingerprint density at radius 3 is 2.67 bits per heavy atom. The van der Waals surface area contributed by atoms with Crippen LogP contribution >= 0.6 is 11.8 Å². The van der Waals surface area contributed by atoms with E-state index in [1.54, 1.807) is 0 Å². The van der Waals surface area contributed by atoms with E-state index in [0.717, 1.165) is 18.5 Å². The molecular weight excluding hydrogens is 168 g/mol. The molecule has 2 rings (SSSR count). The molecule has 0 aliphatic carbocycles. The Hall–Kier alpha value is 0.270. The molecule has 2 aliphatic rings. The van der Waals surface area contributed by atoms with Crippen LogP contribution in [-0.4, -0.2) is 42.1 Å². The van der Waals surface area contributed by atoms with Crippen molar-refractivity contribution in [3.8, 4) is 0 Å². The zero-order valence-electron chi connectivity index (χ0n) is 7.54. The van der Waals surface area contributed by atoms with Crippen molar-refractivity contribution in [1.82, 2.24) is 4.90 Å². The molecule has 2 N–H and O–H groups in total. The minimum Gasteiger partial charge on any atom is -0.330 e. The molecule has 0 aromatic heterocycles. The van der Waals surface area contributed by atoms with E-state index in [-0.39, 0.29) is 0 Å². The van der Waals surface area contributed by atoms with E-state index in [2.05, 4.69) is 16.7 Å². The Morgan fingerprint density at radius 1 is 1.42 bits per heavy atom. The van der Waals surface area contributed by atoms with Crippen molar-refractivity contribution in [2.45, 2.75) is 18.9 Å². The van der Waals surface area contributed by atoms with E-state index >= 15 is 0 Å². The summed E-state index contributed by atoms with van der Waals surface area (Å²) in [6.07, 6.45) is 2.59. The second kappa shape index (κ2) is 3.99. The molecule has 0 radical (unpaired) electrons. The molecule has 0 spiro atoms. The minimum atomic E-state index is 0.834. The molecular formula is C9H18N2S. The highest BCUT2D eigenvalue weighted by Crippen LogP contribution is 2.29. The predicted molar refractivity (Wildman–Crippen MR) is 54.5 cm³/mol. The van der Waals surface area contributed by atoms with Gasteiger partial charge in [0, 0.05) is 12.6 Å². The zero-order valence-corrected chi connectivity index (χ0v) is 8.35. The van der Waals surface area contributed by atoms with E-state index < -0.39 is 0 Å². The first kappa shape index (κ1) is 8.85. The van der Waals surface area contributed by atoms with E-state index in [0.29, 0.717) is 0 Å². The molecule has 2 heterocycles. The van der Waals surface area contributed by atoms with Crippen molar-refractivity contribution in [2.75, 3.05) is 31.1 Å². The quantitative estimate of drug-likeness (QED) is 0.703. The first-order valence-electron chi connectivity index (χ1n) is 4.92. The average Bonchev–Trinajstić information content (AvgIpc) is 1.95. The molecule has 1 atom stereocenters. The summed E-state index contributed by atoms with van der Waals surface area (Å²) in [5, 5.41) is 0. The second-order valence-electron chi connectivity index (χ2n) is 3.92. The molecule has 0 bridgehead atoms. The largest absolute Gasteiger partial charge is 0.330 e. The van der Waals surface area contributed by atoms with Gasteiger partial charge in [-0.2, -0.15) is 11.8 Å². The molecule has 2 aliphatic heterocycles. The lowest BCUT2D eigenvalue weighted by molar-refractivity contribution is 0.0722. The van der Waals surface area contributed by atoms with Crippen LogP contribution in [0.3, 0.4) is 0 Å². The normalized spacial score (nSPS) is 31.2. The van der Waals surface area contributed by atoms with E-state index in [4.69, 9.17) is 5.73 Å². The number of thioether (sulfide) groups is 1. The summed E-state index contributed by atoms with van der Waals surface area (Å²) >= 11 is 2.08. The average molecular weight is 186 g/mol. The van der Waals surface area contributed by atoms with Crippen molar-refractivity contribution in [2.24, 2.45) is 11.7 Å². The number of rotatable bonds is 4. The number of likely N-dealkylation sites (tertiary alicyclic amines) is 1. The minimum absolute atomic E-state index is 0.834. The second-order valence-corrected chi connectivity index (χ2v) is 4.99. The monoisotopic (exact) mass is 186 g/mol. The van der Waals surface area contributed by atoms with Crippen LogP contribution in [0.1, 0.15) is 12.8 Å². The van der Waals surface area contributed by atoms with E-state index in [9.17, 15) is 0 Å². The van der Waals surface area contributed by atoms with Gasteiger partial charge in [0.1, 0.15) is 0 Å². The molecule has 12 heavy (non-hydrogen) atoms. The summed E-state index contributed by atoms with van der Waals surface area (Å²) in [4.78, 5) is 2.62. The van der Waals surface area contributed by atoms with Crippen molar-refractivity contribution in [3.63, 3.8) is 0 Å². The summed E-state index contributed by atoms with van der Waals surface area (Å²) in [7, 11) is 0. The predicted octanol–water partition coefficient (Wildman–Crippen LogP) is 0.773. The molecule has 3 heteroatoms. The van der Waals surface area contributed by atoms with Crippen LogP contribution in [0.25, 0.3) is 0 Å². The lowest BCUT2D eigenvalue weighted by Crippen LogP contribution is -2.51. The topological polar surface area (TPSA) is 29.3 Å². The molecule has 70 valence electrons. The van der Waals surface area contributed by atoms with Gasteiger partial charge in [-0.15, -0.1) is 0 Å². The summed E-state index contributed by atoms with van der Waals surface area (Å²) in [5.41, 5.74) is 5.55. The van der Waals surface area contributed by atoms with Gasteiger partial charge in [0.15, 0.2) is 0 Å². The molecule has 0 amide bonds. The van der Waals surface area contributed by atoms with Crippen LogP contribution in [0.4, 0.5) is 0 Å². The Kier molecular flexibility index (Phi) is 2.94. The van der Waals surface area contributed by atoms with Crippen molar-refractivity contribution in [1.29, 1.82) is 0 Å². The SMILES string of the molecule is NCCC1CCN1CC1CSC1. The lowest BCUT2D eigenvalue weighted by Gasteiger charge is -2.44. The molecule has 2 fully saturated rings. The Morgan fingerprint density at radius 2 is 2.25 bits per heavy atom. The maximum atomic E-state index is 5.55. The molecule has 2 nitrogen and oxygen atoms in total. The van der Waals surface area contributed by atoms with Crippen molar-refractivity contribution in [3.05, 3.63) is 0 Å². The van der Waals surface area contributed by atoms with Gasteiger partial charge < -0.3 is 5.73 Å². The van der Waals surface area contributed by atoms with Crippen LogP contribution in [0.5, 0.6) is 0 Å². The highest BCUT2D eigenvalue weighted by Gasteiger charge is 2.30. The zero-order chi connectivity index (χ0) is 8.39. The molecule has 1 unspecified atom stereocenters. The lowest BCUT2D eigenvalue weighted by atomic mass is 9.98. The van der Waals surface area contributed by atoms with E-state index in [1.165, 1.54) is 37.4 Å². The number of nitrogens with zero attached hydrogens (tertiary/aromatic N) is 1. The summed E-state index contributed by atoms with van der Waals surface area (Å²) < 4.78 is 0. The molecule has 0 aromatic carbocycles. The fraction of sp³-hybridized carbons (Fsp3) is 1.00. The van der Waals surface area contributed by atoms with Crippen LogP contribution in [-0.2, 0) is 0 Å². The summed E-state index contributed by atoms with van der Waals surface area (Å²) in [5.74, 6) is 3.79. The molecule has 2 saturated heterocycles. The Labute approximate surface area is 78.9 Å². The number of nitrogens with two attached hydrogens (primary N) is 1. The third-order valence-electron chi connectivity index (χ3n) is 2.97. The first-order valence-corrected chi connectivity index (χ1v) is 6.07. The highest BCUT2D eigenvalue weighted by atomic mass is 32.2. The van der Waals surface area contributed by atoms with Gasteiger partial charge in [-0.3, -0.25) is 4.90 Å². The van der Waals surface area contributed by atoms with Crippen LogP contribution in [0.15, 0.2) is 0 Å². The maximum absolute atomic E-state index is 5.55. The molecule has 0 saturated carbocycles. The van der Waals surface area contributed by atoms with Crippen LogP contribution in [0.2, 0.25) is 0 Å². The van der Waals surface area contributed by atoms with Gasteiger partial charge in [0.2, 0.25) is 0 Å². The summed E-state index contributed by atoms with van der Waals surface area (Å²) in [6, 6.07) is 0.834. The fourth-order valence-corrected chi connectivity index (χ4v) is 2.76. The number of hydrogen-bond donors (Lipinski definition) is 1. The Bertz CT molecular complexity index is 147. The van der Waals surface area contributed by atoms with Gasteiger partial charge in [-0.05, 0) is 43.4 Å². The fourth-order valence-electron chi connectivity index (χ4n) is 1.98. The van der Waals surface area contributed by atoms with Crippen LogP contribution < -0.4 is 5.73 Å².